The molecule has 3 nitrogen and oxygen atoms in total. The summed E-state index contributed by atoms with van der Waals surface area (Å²) in [5, 5.41) is 0.724. The van der Waals surface area contributed by atoms with Crippen LogP contribution in [0.1, 0.15) is 5.56 Å². The summed E-state index contributed by atoms with van der Waals surface area (Å²) >= 11 is 0. The van der Waals surface area contributed by atoms with E-state index in [2.05, 4.69) is 0 Å². The van der Waals surface area contributed by atoms with Crippen LogP contribution in [0, 0.1) is 0 Å². The van der Waals surface area contributed by atoms with E-state index in [1.54, 1.807) is 30.6 Å². The van der Waals surface area contributed by atoms with Crippen LogP contribution in [0.25, 0.3) is 22.3 Å². The fraction of sp³-hybridized carbons (Fsp3) is 0.0714. The van der Waals surface area contributed by atoms with Crippen molar-refractivity contribution >= 4 is 11.0 Å². The minimum Gasteiger partial charge on any atom is -0.456 e. The lowest BCUT2D eigenvalue weighted by atomic mass is 10.1. The number of nitrogen functional groups attached to an aromatic ring is 1. The molecule has 2 aromatic heterocycles. The Kier molecular flexibility index (Phi) is 2.67. The molecule has 2 heterocycles. The number of halogens is 3. The van der Waals surface area contributed by atoms with E-state index in [1.165, 1.54) is 10.7 Å². The van der Waals surface area contributed by atoms with Gasteiger partial charge in [-0.1, -0.05) is 16.8 Å². The lowest BCUT2D eigenvalue weighted by molar-refractivity contribution is -0.637. The lowest BCUT2D eigenvalue weighted by Crippen LogP contribution is -2.43. The monoisotopic (exact) mass is 279 g/mol. The standard InChI is InChI=1S/C14H10F3N2O/c15-14(16,17)11-3-1-2-9(6-11)13-7-10-8-19(18)5-4-12(10)20-13/h1-8H,18H2/q+1. The highest BCUT2D eigenvalue weighted by molar-refractivity contribution is 5.81. The van der Waals surface area contributed by atoms with Crippen molar-refractivity contribution in [2.75, 3.05) is 5.84 Å². The van der Waals surface area contributed by atoms with Gasteiger partial charge in [0, 0.05) is 11.6 Å². The van der Waals surface area contributed by atoms with Gasteiger partial charge in [0.2, 0.25) is 12.4 Å². The Labute approximate surface area is 112 Å². The molecule has 0 bridgehead atoms. The third-order valence-corrected chi connectivity index (χ3v) is 2.95. The Balaban J connectivity index is 2.11. The summed E-state index contributed by atoms with van der Waals surface area (Å²) in [6.45, 7) is 0. The van der Waals surface area contributed by atoms with Gasteiger partial charge in [-0.05, 0) is 18.2 Å². The van der Waals surface area contributed by atoms with Crippen LogP contribution in [-0.2, 0) is 6.18 Å². The smallest absolute Gasteiger partial charge is 0.416 e. The third kappa shape index (κ3) is 2.20. The number of nitrogens with two attached hydrogens (primary N) is 1. The number of pyridine rings is 1. The van der Waals surface area contributed by atoms with E-state index in [9.17, 15) is 13.2 Å². The zero-order valence-corrected chi connectivity index (χ0v) is 10.2. The molecular weight excluding hydrogens is 269 g/mol. The van der Waals surface area contributed by atoms with E-state index < -0.39 is 11.7 Å². The Hall–Kier alpha value is -2.50. The van der Waals surface area contributed by atoms with Crippen molar-refractivity contribution in [1.82, 2.24) is 0 Å². The Morgan fingerprint density at radius 2 is 1.90 bits per heavy atom. The van der Waals surface area contributed by atoms with Crippen LogP contribution in [0.3, 0.4) is 0 Å². The molecule has 0 unspecified atom stereocenters. The van der Waals surface area contributed by atoms with Crippen LogP contribution >= 0.6 is 0 Å². The summed E-state index contributed by atoms with van der Waals surface area (Å²) in [7, 11) is 0. The summed E-state index contributed by atoms with van der Waals surface area (Å²) < 4.78 is 45.0. The predicted octanol–water partition coefficient (Wildman–Crippen LogP) is 3.12. The molecule has 0 atom stereocenters. The van der Waals surface area contributed by atoms with Crippen molar-refractivity contribution in [3.8, 4) is 11.3 Å². The van der Waals surface area contributed by atoms with Crippen LogP contribution in [0.15, 0.2) is 53.2 Å². The van der Waals surface area contributed by atoms with Gasteiger partial charge in [0.25, 0.3) is 0 Å². The average molecular weight is 279 g/mol. The number of rotatable bonds is 1. The SMILES string of the molecule is N[n+]1ccc2oc(-c3cccc(C(F)(F)F)c3)cc2c1. The first-order valence-electron chi connectivity index (χ1n) is 5.81. The molecule has 0 fully saturated rings. The minimum absolute atomic E-state index is 0.373. The molecule has 0 amide bonds. The topological polar surface area (TPSA) is 43.0 Å². The molecule has 2 N–H and O–H groups in total. The highest BCUT2D eigenvalue weighted by Crippen LogP contribution is 2.33. The van der Waals surface area contributed by atoms with Gasteiger partial charge in [-0.25, -0.2) is 5.84 Å². The number of furan rings is 1. The van der Waals surface area contributed by atoms with Gasteiger partial charge < -0.3 is 4.42 Å². The molecule has 3 rings (SSSR count). The minimum atomic E-state index is -4.37. The summed E-state index contributed by atoms with van der Waals surface area (Å²) in [6.07, 6.45) is -1.14. The van der Waals surface area contributed by atoms with Gasteiger partial charge in [0.15, 0.2) is 0 Å². The van der Waals surface area contributed by atoms with Crippen molar-refractivity contribution in [3.05, 3.63) is 54.4 Å². The summed E-state index contributed by atoms with van der Waals surface area (Å²) in [5.41, 5.74) is 0.239. The van der Waals surface area contributed by atoms with Gasteiger partial charge in [0.05, 0.1) is 10.9 Å². The molecule has 20 heavy (non-hydrogen) atoms. The van der Waals surface area contributed by atoms with Crippen molar-refractivity contribution in [2.24, 2.45) is 0 Å². The zero-order valence-electron chi connectivity index (χ0n) is 10.2. The van der Waals surface area contributed by atoms with Crippen molar-refractivity contribution in [3.63, 3.8) is 0 Å². The quantitative estimate of drug-likeness (QED) is 0.549. The van der Waals surface area contributed by atoms with Crippen LogP contribution in [0.4, 0.5) is 13.2 Å². The second-order valence-electron chi connectivity index (χ2n) is 4.40. The lowest BCUT2D eigenvalue weighted by Gasteiger charge is -2.07. The van der Waals surface area contributed by atoms with Gasteiger partial charge in [-0.2, -0.15) is 13.2 Å². The van der Waals surface area contributed by atoms with Crippen LogP contribution in [-0.4, -0.2) is 0 Å². The molecule has 6 heteroatoms. The van der Waals surface area contributed by atoms with Crippen molar-refractivity contribution < 1.29 is 22.3 Å². The molecule has 102 valence electrons. The van der Waals surface area contributed by atoms with E-state index in [1.807, 2.05) is 0 Å². The van der Waals surface area contributed by atoms with Crippen LogP contribution in [0.5, 0.6) is 0 Å². The third-order valence-electron chi connectivity index (χ3n) is 2.95. The number of fused-ring (bicyclic) bond motifs is 1. The summed E-state index contributed by atoms with van der Waals surface area (Å²) in [4.78, 5) is 0. The van der Waals surface area contributed by atoms with Crippen LogP contribution in [0.2, 0.25) is 0 Å². The largest absolute Gasteiger partial charge is 0.456 e. The number of nitrogens with zero attached hydrogens (tertiary/aromatic N) is 1. The van der Waals surface area contributed by atoms with Crippen molar-refractivity contribution in [1.29, 1.82) is 0 Å². The molecule has 3 aromatic rings. The number of hydrogen-bond donors (Lipinski definition) is 1. The maximum atomic E-state index is 12.7. The molecular formula is C14H10F3N2O+. The van der Waals surface area contributed by atoms with Gasteiger partial charge in [0.1, 0.15) is 11.3 Å². The number of alkyl halides is 3. The Morgan fingerprint density at radius 3 is 2.65 bits per heavy atom. The predicted molar refractivity (Wildman–Crippen MR) is 67.0 cm³/mol. The molecule has 0 spiro atoms. The first-order chi connectivity index (χ1) is 9.43. The van der Waals surface area contributed by atoms with Crippen molar-refractivity contribution in [2.45, 2.75) is 6.18 Å². The highest BCUT2D eigenvalue weighted by atomic mass is 19.4. The summed E-state index contributed by atoms with van der Waals surface area (Å²) in [5.74, 6) is 5.95. The zero-order chi connectivity index (χ0) is 14.3. The van der Waals surface area contributed by atoms with E-state index in [-0.39, 0.29) is 0 Å². The molecule has 1 aromatic carbocycles. The first kappa shape index (κ1) is 12.5. The molecule has 0 aliphatic carbocycles. The number of benzene rings is 1. The normalized spacial score (nSPS) is 11.9. The highest BCUT2D eigenvalue weighted by Gasteiger charge is 2.30. The molecule has 0 aliphatic rings. The van der Waals surface area contributed by atoms with Gasteiger partial charge in [-0.15, -0.1) is 0 Å². The van der Waals surface area contributed by atoms with E-state index in [4.69, 9.17) is 10.3 Å². The molecule has 0 saturated heterocycles. The van der Waals surface area contributed by atoms with Gasteiger partial charge >= 0.3 is 6.18 Å². The summed E-state index contributed by atoms with van der Waals surface area (Å²) in [6, 6.07) is 8.34. The molecule has 0 aliphatic heterocycles. The van der Waals surface area contributed by atoms with Crippen LogP contribution < -0.4 is 10.5 Å². The second kappa shape index (κ2) is 4.26. The number of hydrogen-bond acceptors (Lipinski definition) is 2. The Morgan fingerprint density at radius 1 is 1.10 bits per heavy atom. The Bertz CT molecular complexity index is 777. The van der Waals surface area contributed by atoms with E-state index in [0.29, 0.717) is 16.9 Å². The fourth-order valence-corrected chi connectivity index (χ4v) is 2.00. The average Bonchev–Trinajstić information content (AvgIpc) is 2.81. The first-order valence-corrected chi connectivity index (χ1v) is 5.81. The fourth-order valence-electron chi connectivity index (χ4n) is 2.00. The molecule has 0 radical (unpaired) electrons. The number of aromatic nitrogens is 1. The second-order valence-corrected chi connectivity index (χ2v) is 4.40. The van der Waals surface area contributed by atoms with Gasteiger partial charge in [-0.3, -0.25) is 0 Å². The maximum Gasteiger partial charge on any atom is 0.416 e. The van der Waals surface area contributed by atoms with E-state index in [0.717, 1.165) is 17.5 Å². The van der Waals surface area contributed by atoms with E-state index >= 15 is 0 Å². The molecule has 0 saturated carbocycles. The maximum absolute atomic E-state index is 12.7.